The Morgan fingerprint density at radius 1 is 0.676 bits per heavy atom. The van der Waals surface area contributed by atoms with Crippen molar-refractivity contribution < 1.29 is 0 Å². The van der Waals surface area contributed by atoms with Gasteiger partial charge in [0, 0.05) is 27.5 Å². The van der Waals surface area contributed by atoms with Gasteiger partial charge in [-0.05, 0) is 54.4 Å². The molecule has 0 spiro atoms. The number of aromatic nitrogens is 1. The highest BCUT2D eigenvalue weighted by atomic mass is 35.5. The van der Waals surface area contributed by atoms with Gasteiger partial charge in [-0.15, -0.1) is 0 Å². The molecule has 0 N–H and O–H groups in total. The molecular weight excluding hydrogens is 459 g/mol. The summed E-state index contributed by atoms with van der Waals surface area (Å²) in [5.41, 5.74) is 8.42. The van der Waals surface area contributed by atoms with Crippen molar-refractivity contribution in [3.8, 4) is 28.2 Å². The van der Waals surface area contributed by atoms with Crippen molar-refractivity contribution in [3.63, 3.8) is 0 Å². The monoisotopic (exact) mass is 480 g/mol. The molecule has 0 atom stereocenters. The van der Waals surface area contributed by atoms with Crippen LogP contribution in [0.1, 0.15) is 11.1 Å². The van der Waals surface area contributed by atoms with Crippen molar-refractivity contribution in [2.24, 2.45) is 4.99 Å². The van der Waals surface area contributed by atoms with Crippen LogP contribution in [-0.2, 0) is 0 Å². The smallest absolute Gasteiger partial charge is 0.0659 e. The minimum atomic E-state index is 0.560. The van der Waals surface area contributed by atoms with Crippen LogP contribution in [0.4, 0.5) is 5.69 Å². The van der Waals surface area contributed by atoms with E-state index in [0.29, 0.717) is 15.7 Å². The number of hydrogen-bond acceptors (Lipinski definition) is 1. The number of benzene rings is 4. The molecule has 0 aliphatic heterocycles. The van der Waals surface area contributed by atoms with Crippen LogP contribution in [0.15, 0.2) is 114 Å². The molecule has 0 radical (unpaired) electrons. The Morgan fingerprint density at radius 3 is 1.88 bits per heavy atom. The van der Waals surface area contributed by atoms with Gasteiger partial charge < -0.3 is 4.57 Å². The van der Waals surface area contributed by atoms with Gasteiger partial charge in [0.05, 0.1) is 17.1 Å². The first kappa shape index (κ1) is 22.2. The Labute approximate surface area is 209 Å². The quantitative estimate of drug-likeness (QED) is 0.223. The van der Waals surface area contributed by atoms with Crippen LogP contribution < -0.4 is 0 Å². The second-order valence-electron chi connectivity index (χ2n) is 8.12. The van der Waals surface area contributed by atoms with E-state index in [1.165, 1.54) is 5.56 Å². The Hall–Kier alpha value is -3.59. The molecule has 34 heavy (non-hydrogen) atoms. The van der Waals surface area contributed by atoms with Crippen molar-refractivity contribution in [1.82, 2.24) is 4.57 Å². The molecule has 1 heterocycles. The molecule has 0 amide bonds. The number of nitrogens with zero attached hydrogens (tertiary/aromatic N) is 2. The predicted molar refractivity (Wildman–Crippen MR) is 145 cm³/mol. The Kier molecular flexibility index (Phi) is 6.35. The molecule has 2 nitrogen and oxygen atoms in total. The highest BCUT2D eigenvalue weighted by Crippen LogP contribution is 2.36. The van der Waals surface area contributed by atoms with E-state index in [9.17, 15) is 0 Å². The SMILES string of the molecule is Cc1ccc(-n2c(-c3ccccc3)cc(C=Nc3cc(Cl)cc(Cl)c3)c2-c2ccccc2)cc1. The number of halogens is 2. The summed E-state index contributed by atoms with van der Waals surface area (Å²) in [6, 6.07) is 36.9. The summed E-state index contributed by atoms with van der Waals surface area (Å²) < 4.78 is 2.30. The lowest BCUT2D eigenvalue weighted by atomic mass is 10.1. The number of aliphatic imine (C=N–C) groups is 1. The maximum absolute atomic E-state index is 6.20. The van der Waals surface area contributed by atoms with Crippen LogP contribution in [0.25, 0.3) is 28.2 Å². The van der Waals surface area contributed by atoms with Gasteiger partial charge in [0.15, 0.2) is 0 Å². The van der Waals surface area contributed by atoms with Gasteiger partial charge in [-0.25, -0.2) is 0 Å². The molecule has 0 aliphatic carbocycles. The molecule has 5 aromatic rings. The normalized spacial score (nSPS) is 11.3. The van der Waals surface area contributed by atoms with Crippen molar-refractivity contribution >= 4 is 35.1 Å². The molecule has 0 unspecified atom stereocenters. The number of aryl methyl sites for hydroxylation is 1. The molecule has 166 valence electrons. The first-order valence-corrected chi connectivity index (χ1v) is 11.8. The number of rotatable bonds is 5. The molecule has 4 aromatic carbocycles. The molecule has 0 fully saturated rings. The summed E-state index contributed by atoms with van der Waals surface area (Å²) in [6.45, 7) is 2.10. The van der Waals surface area contributed by atoms with E-state index in [4.69, 9.17) is 28.2 Å². The molecule has 4 heteroatoms. The maximum Gasteiger partial charge on any atom is 0.0659 e. The third-order valence-electron chi connectivity index (χ3n) is 5.64. The zero-order chi connectivity index (χ0) is 23.5. The van der Waals surface area contributed by atoms with E-state index >= 15 is 0 Å². The molecule has 0 bridgehead atoms. The molecule has 0 saturated heterocycles. The van der Waals surface area contributed by atoms with Crippen LogP contribution in [0, 0.1) is 6.92 Å². The van der Waals surface area contributed by atoms with Crippen LogP contribution >= 0.6 is 23.2 Å². The van der Waals surface area contributed by atoms with Crippen LogP contribution in [-0.4, -0.2) is 10.8 Å². The van der Waals surface area contributed by atoms with Crippen molar-refractivity contribution in [2.75, 3.05) is 0 Å². The maximum atomic E-state index is 6.20. The van der Waals surface area contributed by atoms with Gasteiger partial charge in [-0.3, -0.25) is 4.99 Å². The lowest BCUT2D eigenvalue weighted by Crippen LogP contribution is -2.00. The fourth-order valence-corrected chi connectivity index (χ4v) is 4.58. The molecule has 5 rings (SSSR count). The Morgan fingerprint density at radius 2 is 1.26 bits per heavy atom. The van der Waals surface area contributed by atoms with Crippen molar-refractivity contribution in [3.05, 3.63) is 130 Å². The van der Waals surface area contributed by atoms with E-state index in [2.05, 4.69) is 90.4 Å². The lowest BCUT2D eigenvalue weighted by Gasteiger charge is -2.15. The van der Waals surface area contributed by atoms with E-state index < -0.39 is 0 Å². The van der Waals surface area contributed by atoms with Crippen molar-refractivity contribution in [2.45, 2.75) is 6.92 Å². The summed E-state index contributed by atoms with van der Waals surface area (Å²) >= 11 is 12.4. The average molecular weight is 481 g/mol. The van der Waals surface area contributed by atoms with E-state index in [0.717, 1.165) is 33.8 Å². The van der Waals surface area contributed by atoms with Gasteiger partial charge >= 0.3 is 0 Å². The third-order valence-corrected chi connectivity index (χ3v) is 6.08. The van der Waals surface area contributed by atoms with Crippen LogP contribution in [0.5, 0.6) is 0 Å². The highest BCUT2D eigenvalue weighted by molar-refractivity contribution is 6.35. The van der Waals surface area contributed by atoms with Gasteiger partial charge in [-0.2, -0.15) is 0 Å². The standard InChI is InChI=1S/C30H22Cl2N2/c1-21-12-14-28(15-13-21)34-29(22-8-4-2-5-9-22)16-24(30(34)23-10-6-3-7-11-23)20-33-27-18-25(31)17-26(32)19-27/h2-20H,1H3. The molecule has 0 saturated carbocycles. The molecular formula is C30H22Cl2N2. The summed E-state index contributed by atoms with van der Waals surface area (Å²) in [5, 5.41) is 1.12. The lowest BCUT2D eigenvalue weighted by molar-refractivity contribution is 1.09. The minimum absolute atomic E-state index is 0.560. The average Bonchev–Trinajstić information content (AvgIpc) is 3.23. The summed E-state index contributed by atoms with van der Waals surface area (Å²) in [7, 11) is 0. The predicted octanol–water partition coefficient (Wildman–Crippen LogP) is 9.18. The van der Waals surface area contributed by atoms with Crippen LogP contribution in [0.2, 0.25) is 10.0 Å². The minimum Gasteiger partial charge on any atom is -0.309 e. The Bertz CT molecular complexity index is 1430. The topological polar surface area (TPSA) is 17.3 Å². The first-order valence-electron chi connectivity index (χ1n) is 11.0. The van der Waals surface area contributed by atoms with Crippen molar-refractivity contribution in [1.29, 1.82) is 0 Å². The van der Waals surface area contributed by atoms with Crippen LogP contribution in [0.3, 0.4) is 0 Å². The summed E-state index contributed by atoms with van der Waals surface area (Å²) in [6.07, 6.45) is 1.89. The summed E-state index contributed by atoms with van der Waals surface area (Å²) in [5.74, 6) is 0. The fraction of sp³-hybridized carbons (Fsp3) is 0.0333. The van der Waals surface area contributed by atoms with Gasteiger partial charge in [0.1, 0.15) is 0 Å². The Balaban J connectivity index is 1.77. The fourth-order valence-electron chi connectivity index (χ4n) is 4.06. The number of hydrogen-bond donors (Lipinski definition) is 0. The van der Waals surface area contributed by atoms with Gasteiger partial charge in [0.25, 0.3) is 0 Å². The third kappa shape index (κ3) is 4.70. The van der Waals surface area contributed by atoms with Gasteiger partial charge in [0.2, 0.25) is 0 Å². The summed E-state index contributed by atoms with van der Waals surface area (Å²) in [4.78, 5) is 4.73. The van der Waals surface area contributed by atoms with Gasteiger partial charge in [-0.1, -0.05) is 102 Å². The first-order chi connectivity index (χ1) is 16.6. The molecule has 0 aliphatic rings. The van der Waals surface area contributed by atoms with E-state index in [1.807, 2.05) is 18.3 Å². The zero-order valence-electron chi connectivity index (χ0n) is 18.6. The second kappa shape index (κ2) is 9.72. The zero-order valence-corrected chi connectivity index (χ0v) is 20.1. The highest BCUT2D eigenvalue weighted by Gasteiger charge is 2.18. The second-order valence-corrected chi connectivity index (χ2v) is 9.00. The molecule has 1 aromatic heterocycles. The largest absolute Gasteiger partial charge is 0.309 e. The van der Waals surface area contributed by atoms with E-state index in [-0.39, 0.29) is 0 Å². The van der Waals surface area contributed by atoms with E-state index in [1.54, 1.807) is 18.2 Å².